The van der Waals surface area contributed by atoms with Crippen molar-refractivity contribution in [2.45, 2.75) is 18.6 Å². The lowest BCUT2D eigenvalue weighted by Crippen LogP contribution is -2.42. The fourth-order valence-corrected chi connectivity index (χ4v) is 5.68. The van der Waals surface area contributed by atoms with Gasteiger partial charge in [0.25, 0.3) is 11.5 Å². The van der Waals surface area contributed by atoms with Crippen LogP contribution in [0.25, 0.3) is 38.3 Å². The third-order valence-electron chi connectivity index (χ3n) is 7.80. The molecule has 0 radical (unpaired) electrons. The Balaban J connectivity index is 1.41. The van der Waals surface area contributed by atoms with Crippen molar-refractivity contribution in [2.24, 2.45) is 7.05 Å². The summed E-state index contributed by atoms with van der Waals surface area (Å²) in [6.45, 7) is 0. The lowest BCUT2D eigenvalue weighted by atomic mass is 9.90. The van der Waals surface area contributed by atoms with Crippen LogP contribution in [-0.4, -0.2) is 44.3 Å². The standard InChI is InChI=1S/C33H25F3N4O5/c1-39-27-12-4-3-8-24(27)29(33(34,35)36)28(31(39)42)23-11-6-9-21-18(7-5-10-22(21)23)15-26(32(43)44)37-30(41)25-17-19-16-20(45-2)13-14-40(19)38-25/h3-14,16-17,26H,15H2,1-2H3,(H,37,41)(H,43,44)/t26-/m0/s1. The van der Waals surface area contributed by atoms with Crippen LogP contribution in [0.5, 0.6) is 5.75 Å². The minimum Gasteiger partial charge on any atom is -0.497 e. The second-order valence-electron chi connectivity index (χ2n) is 10.5. The molecule has 2 N–H and O–H groups in total. The van der Waals surface area contributed by atoms with E-state index in [0.29, 0.717) is 27.6 Å². The van der Waals surface area contributed by atoms with Gasteiger partial charge in [0.05, 0.1) is 29.3 Å². The highest BCUT2D eigenvalue weighted by molar-refractivity contribution is 6.02. The fourth-order valence-electron chi connectivity index (χ4n) is 5.68. The van der Waals surface area contributed by atoms with Gasteiger partial charge < -0.3 is 19.7 Å². The number of ether oxygens (including phenoxy) is 1. The van der Waals surface area contributed by atoms with Crippen LogP contribution in [-0.2, 0) is 24.4 Å². The van der Waals surface area contributed by atoms with Crippen molar-refractivity contribution in [2.75, 3.05) is 7.11 Å². The molecule has 9 nitrogen and oxygen atoms in total. The maximum absolute atomic E-state index is 14.6. The van der Waals surface area contributed by atoms with Crippen molar-refractivity contribution >= 4 is 39.1 Å². The SMILES string of the molecule is COc1ccn2nc(C(=O)N[C@@H](Cc3cccc4c(-c5c(C(F)(F)F)c6ccccc6n(C)c5=O)cccc34)C(=O)O)cc2c1. The van der Waals surface area contributed by atoms with Crippen LogP contribution in [0.4, 0.5) is 13.2 Å². The van der Waals surface area contributed by atoms with E-state index in [1.807, 2.05) is 0 Å². The van der Waals surface area contributed by atoms with Crippen LogP contribution in [0.15, 0.2) is 89.9 Å². The molecule has 0 unspecified atom stereocenters. The molecule has 3 heterocycles. The molecule has 6 rings (SSSR count). The number of carboxylic acids is 1. The van der Waals surface area contributed by atoms with Crippen molar-refractivity contribution in [3.05, 3.63) is 112 Å². The number of amides is 1. The normalized spacial score (nSPS) is 12.5. The minimum absolute atomic E-state index is 0.0125. The number of methoxy groups -OCH3 is 1. The Morgan fingerprint density at radius 2 is 1.69 bits per heavy atom. The number of aromatic nitrogens is 3. The lowest BCUT2D eigenvalue weighted by molar-refractivity contribution is -0.139. The number of para-hydroxylation sites is 1. The molecule has 3 aromatic carbocycles. The quantitative estimate of drug-likeness (QED) is 0.247. The van der Waals surface area contributed by atoms with Crippen molar-refractivity contribution in [1.29, 1.82) is 0 Å². The van der Waals surface area contributed by atoms with E-state index >= 15 is 0 Å². The number of halogens is 3. The molecular formula is C33H25F3N4O5. The summed E-state index contributed by atoms with van der Waals surface area (Å²) in [6, 6.07) is 18.7. The van der Waals surface area contributed by atoms with E-state index in [1.54, 1.807) is 48.7 Å². The van der Waals surface area contributed by atoms with E-state index in [4.69, 9.17) is 4.74 Å². The summed E-state index contributed by atoms with van der Waals surface area (Å²) in [6.07, 6.45) is -3.44. The summed E-state index contributed by atoms with van der Waals surface area (Å²) in [5.74, 6) is -1.48. The Hall–Kier alpha value is -5.65. The topological polar surface area (TPSA) is 115 Å². The number of nitrogens with one attached hydrogen (secondary N) is 1. The fraction of sp³-hybridized carbons (Fsp3) is 0.152. The van der Waals surface area contributed by atoms with Gasteiger partial charge in [0.1, 0.15) is 11.8 Å². The number of alkyl halides is 3. The van der Waals surface area contributed by atoms with Gasteiger partial charge in [-0.25, -0.2) is 9.31 Å². The van der Waals surface area contributed by atoms with E-state index in [1.165, 1.54) is 59.6 Å². The predicted molar refractivity (Wildman–Crippen MR) is 161 cm³/mol. The molecule has 0 saturated heterocycles. The minimum atomic E-state index is -4.84. The second-order valence-corrected chi connectivity index (χ2v) is 10.5. The number of pyridine rings is 2. The zero-order valence-corrected chi connectivity index (χ0v) is 23.9. The zero-order valence-electron chi connectivity index (χ0n) is 23.9. The molecule has 1 atom stereocenters. The van der Waals surface area contributed by atoms with Crippen molar-refractivity contribution in [1.82, 2.24) is 19.5 Å². The van der Waals surface area contributed by atoms with Crippen LogP contribution >= 0.6 is 0 Å². The Kier molecular flexibility index (Phi) is 7.27. The molecule has 1 amide bonds. The Labute approximate surface area is 253 Å². The van der Waals surface area contributed by atoms with E-state index in [0.717, 1.165) is 0 Å². The van der Waals surface area contributed by atoms with Gasteiger partial charge in [-0.1, -0.05) is 54.6 Å². The van der Waals surface area contributed by atoms with E-state index in [2.05, 4.69) is 10.4 Å². The largest absolute Gasteiger partial charge is 0.497 e. The number of hydrogen-bond acceptors (Lipinski definition) is 5. The number of carbonyl (C=O) groups excluding carboxylic acids is 1. The van der Waals surface area contributed by atoms with Gasteiger partial charge in [-0.2, -0.15) is 18.3 Å². The number of hydrogen-bond donors (Lipinski definition) is 2. The first-order valence-corrected chi connectivity index (χ1v) is 13.7. The third-order valence-corrected chi connectivity index (χ3v) is 7.80. The molecule has 0 saturated carbocycles. The lowest BCUT2D eigenvalue weighted by Gasteiger charge is -2.20. The van der Waals surface area contributed by atoms with Gasteiger partial charge in [0, 0.05) is 31.1 Å². The third kappa shape index (κ3) is 5.24. The molecule has 0 spiro atoms. The van der Waals surface area contributed by atoms with Crippen molar-refractivity contribution in [3.63, 3.8) is 0 Å². The van der Waals surface area contributed by atoms with Crippen LogP contribution in [0.2, 0.25) is 0 Å². The van der Waals surface area contributed by atoms with Crippen LogP contribution in [0.1, 0.15) is 21.6 Å². The highest BCUT2D eigenvalue weighted by atomic mass is 19.4. The summed E-state index contributed by atoms with van der Waals surface area (Å²) in [5, 5.41) is 17.4. The first kappa shape index (κ1) is 29.4. The number of carbonyl (C=O) groups is 2. The highest BCUT2D eigenvalue weighted by Crippen LogP contribution is 2.42. The number of rotatable bonds is 7. The molecule has 6 aromatic rings. The van der Waals surface area contributed by atoms with Gasteiger partial charge in [-0.05, 0) is 40.1 Å². The second kappa shape index (κ2) is 11.1. The van der Waals surface area contributed by atoms with Gasteiger partial charge in [0.15, 0.2) is 5.69 Å². The van der Waals surface area contributed by atoms with Gasteiger partial charge in [0.2, 0.25) is 0 Å². The maximum Gasteiger partial charge on any atom is 0.417 e. The molecule has 228 valence electrons. The van der Waals surface area contributed by atoms with E-state index < -0.39 is 40.8 Å². The molecule has 0 aliphatic carbocycles. The molecule has 0 aliphatic rings. The van der Waals surface area contributed by atoms with Crippen LogP contribution in [0, 0.1) is 0 Å². The Morgan fingerprint density at radius 3 is 2.42 bits per heavy atom. The summed E-state index contributed by atoms with van der Waals surface area (Å²) < 4.78 is 51.7. The zero-order chi connectivity index (χ0) is 32.0. The van der Waals surface area contributed by atoms with Crippen molar-refractivity contribution in [3.8, 4) is 16.9 Å². The number of fused-ring (bicyclic) bond motifs is 3. The van der Waals surface area contributed by atoms with Crippen molar-refractivity contribution < 1.29 is 32.6 Å². The highest BCUT2D eigenvalue weighted by Gasteiger charge is 2.38. The summed E-state index contributed by atoms with van der Waals surface area (Å²) in [5.41, 5.74) is -1.16. The number of nitrogens with zero attached hydrogens (tertiary/aromatic N) is 3. The van der Waals surface area contributed by atoms with E-state index in [9.17, 15) is 32.7 Å². The smallest absolute Gasteiger partial charge is 0.417 e. The first-order valence-electron chi connectivity index (χ1n) is 13.7. The molecule has 3 aromatic heterocycles. The average Bonchev–Trinajstić information content (AvgIpc) is 3.45. The molecule has 12 heteroatoms. The number of benzene rings is 3. The first-order chi connectivity index (χ1) is 21.5. The van der Waals surface area contributed by atoms with Gasteiger partial charge >= 0.3 is 12.1 Å². The maximum atomic E-state index is 14.6. The monoisotopic (exact) mass is 614 g/mol. The van der Waals surface area contributed by atoms with E-state index in [-0.39, 0.29) is 28.6 Å². The van der Waals surface area contributed by atoms with Crippen LogP contribution < -0.4 is 15.6 Å². The molecule has 45 heavy (non-hydrogen) atoms. The predicted octanol–water partition coefficient (Wildman–Crippen LogP) is 5.46. The summed E-state index contributed by atoms with van der Waals surface area (Å²) in [4.78, 5) is 38.9. The average molecular weight is 615 g/mol. The molecule has 0 aliphatic heterocycles. The summed E-state index contributed by atoms with van der Waals surface area (Å²) >= 11 is 0. The molecular weight excluding hydrogens is 589 g/mol. The Morgan fingerprint density at radius 1 is 0.978 bits per heavy atom. The summed E-state index contributed by atoms with van der Waals surface area (Å²) in [7, 11) is 2.92. The van der Waals surface area contributed by atoms with Crippen LogP contribution in [0.3, 0.4) is 0 Å². The Bertz CT molecular complexity index is 2200. The number of carboxylic acid groups (broad SMARTS) is 1. The number of aliphatic carboxylic acids is 1. The molecule has 0 fully saturated rings. The van der Waals surface area contributed by atoms with Gasteiger partial charge in [-0.15, -0.1) is 0 Å². The van der Waals surface area contributed by atoms with Gasteiger partial charge in [-0.3, -0.25) is 9.59 Å². The number of aryl methyl sites for hydroxylation is 1. The molecule has 0 bridgehead atoms.